The molecule has 3 nitrogen and oxygen atoms in total. The molecular formula is C9H16N2OS. The van der Waals surface area contributed by atoms with Crippen LogP contribution in [-0.2, 0) is 0 Å². The van der Waals surface area contributed by atoms with Gasteiger partial charge in [0, 0.05) is 11.9 Å². The number of hydrogen-bond donors (Lipinski definition) is 1. The summed E-state index contributed by atoms with van der Waals surface area (Å²) in [4.78, 5) is 7.66. The fourth-order valence-corrected chi connectivity index (χ4v) is 1.89. The lowest BCUT2D eigenvalue weighted by Gasteiger charge is -2.21. The van der Waals surface area contributed by atoms with Gasteiger partial charge in [-0.2, -0.15) is 0 Å². The molecule has 0 bridgehead atoms. The van der Waals surface area contributed by atoms with Crippen LogP contribution in [0.25, 0.3) is 0 Å². The first kappa shape index (κ1) is 10.5. The third kappa shape index (κ3) is 2.19. The summed E-state index contributed by atoms with van der Waals surface area (Å²) in [5.74, 6) is 0. The number of hydrogen-bond acceptors (Lipinski definition) is 4. The van der Waals surface area contributed by atoms with Gasteiger partial charge in [0.15, 0.2) is 5.13 Å². The van der Waals surface area contributed by atoms with Gasteiger partial charge in [-0.1, -0.05) is 0 Å². The van der Waals surface area contributed by atoms with E-state index in [0.717, 1.165) is 10.8 Å². The summed E-state index contributed by atoms with van der Waals surface area (Å²) in [7, 11) is 1.96. The quantitative estimate of drug-likeness (QED) is 0.804. The highest BCUT2D eigenvalue weighted by Crippen LogP contribution is 2.25. The van der Waals surface area contributed by atoms with E-state index in [1.165, 1.54) is 4.88 Å². The van der Waals surface area contributed by atoms with Crippen molar-refractivity contribution in [1.29, 1.82) is 0 Å². The molecule has 0 saturated carbocycles. The van der Waals surface area contributed by atoms with Gasteiger partial charge in [-0.25, -0.2) is 4.98 Å². The van der Waals surface area contributed by atoms with Crippen molar-refractivity contribution in [2.75, 3.05) is 18.6 Å². The van der Waals surface area contributed by atoms with E-state index >= 15 is 0 Å². The maximum atomic E-state index is 8.98. The van der Waals surface area contributed by atoms with Crippen molar-refractivity contribution in [1.82, 2.24) is 4.98 Å². The number of aliphatic hydroxyl groups excluding tert-OH is 1. The highest BCUT2D eigenvalue weighted by molar-refractivity contribution is 7.15. The van der Waals surface area contributed by atoms with Gasteiger partial charge in [0.25, 0.3) is 0 Å². The van der Waals surface area contributed by atoms with Crippen molar-refractivity contribution in [3.8, 4) is 0 Å². The Morgan fingerprint density at radius 1 is 1.54 bits per heavy atom. The standard InChI is InChI=1S/C9H16N2OS/c1-6(5-12)11(4)9-10-7(2)8(3)13-9/h6,12H,5H2,1-4H3/t6-/m1/s1. The minimum absolute atomic E-state index is 0.130. The molecule has 0 radical (unpaired) electrons. The predicted molar refractivity (Wildman–Crippen MR) is 56.5 cm³/mol. The topological polar surface area (TPSA) is 36.4 Å². The summed E-state index contributed by atoms with van der Waals surface area (Å²) < 4.78 is 0. The van der Waals surface area contributed by atoms with Crippen molar-refractivity contribution < 1.29 is 5.11 Å². The number of thiazole rings is 1. The molecule has 1 heterocycles. The molecule has 0 unspecified atom stereocenters. The second-order valence-electron chi connectivity index (χ2n) is 3.28. The van der Waals surface area contributed by atoms with Gasteiger partial charge in [-0.15, -0.1) is 11.3 Å². The first-order valence-corrected chi connectivity index (χ1v) is 5.15. The molecule has 13 heavy (non-hydrogen) atoms. The Hall–Kier alpha value is -0.610. The zero-order chi connectivity index (χ0) is 10.0. The molecule has 0 aliphatic heterocycles. The van der Waals surface area contributed by atoms with Gasteiger partial charge in [0.05, 0.1) is 18.3 Å². The first-order valence-electron chi connectivity index (χ1n) is 4.34. The molecule has 1 aromatic rings. The average molecular weight is 200 g/mol. The van der Waals surface area contributed by atoms with Crippen molar-refractivity contribution >= 4 is 16.5 Å². The largest absolute Gasteiger partial charge is 0.394 e. The number of rotatable bonds is 3. The monoisotopic (exact) mass is 200 g/mol. The summed E-state index contributed by atoms with van der Waals surface area (Å²) in [5.41, 5.74) is 1.08. The molecule has 74 valence electrons. The molecule has 1 aromatic heterocycles. The summed E-state index contributed by atoms with van der Waals surface area (Å²) in [6, 6.07) is 0.130. The summed E-state index contributed by atoms with van der Waals surface area (Å²) in [6.45, 7) is 6.21. The van der Waals surface area contributed by atoms with Gasteiger partial charge >= 0.3 is 0 Å². The van der Waals surface area contributed by atoms with Crippen LogP contribution >= 0.6 is 11.3 Å². The molecule has 0 spiro atoms. The van der Waals surface area contributed by atoms with Gasteiger partial charge in [-0.05, 0) is 20.8 Å². The fraction of sp³-hybridized carbons (Fsp3) is 0.667. The van der Waals surface area contributed by atoms with Crippen LogP contribution in [0.4, 0.5) is 5.13 Å². The van der Waals surface area contributed by atoms with Crippen molar-refractivity contribution in [3.05, 3.63) is 10.6 Å². The number of anilines is 1. The molecule has 0 fully saturated rings. The molecule has 0 aliphatic rings. The molecular weight excluding hydrogens is 184 g/mol. The van der Waals surface area contributed by atoms with Crippen LogP contribution in [0, 0.1) is 13.8 Å². The third-order valence-electron chi connectivity index (χ3n) is 2.24. The van der Waals surface area contributed by atoms with Gasteiger partial charge in [0.2, 0.25) is 0 Å². The lowest BCUT2D eigenvalue weighted by Crippen LogP contribution is -2.31. The maximum absolute atomic E-state index is 8.98. The lowest BCUT2D eigenvalue weighted by molar-refractivity contribution is 0.270. The van der Waals surface area contributed by atoms with Gasteiger partial charge in [-0.3, -0.25) is 0 Å². The molecule has 4 heteroatoms. The number of nitrogens with zero attached hydrogens (tertiary/aromatic N) is 2. The number of aryl methyl sites for hydroxylation is 2. The lowest BCUT2D eigenvalue weighted by atomic mass is 10.3. The van der Waals surface area contributed by atoms with E-state index < -0.39 is 0 Å². The average Bonchev–Trinajstić information content (AvgIpc) is 2.44. The van der Waals surface area contributed by atoms with Gasteiger partial charge < -0.3 is 10.0 Å². The van der Waals surface area contributed by atoms with Crippen LogP contribution in [0.15, 0.2) is 0 Å². The molecule has 0 amide bonds. The van der Waals surface area contributed by atoms with E-state index in [1.807, 2.05) is 25.8 Å². The van der Waals surface area contributed by atoms with E-state index in [1.54, 1.807) is 11.3 Å². The zero-order valence-electron chi connectivity index (χ0n) is 8.53. The second-order valence-corrected chi connectivity index (χ2v) is 4.46. The van der Waals surface area contributed by atoms with Crippen LogP contribution < -0.4 is 4.90 Å². The smallest absolute Gasteiger partial charge is 0.185 e. The summed E-state index contributed by atoms with van der Waals surface area (Å²) in [6.07, 6.45) is 0. The Kier molecular flexibility index (Phi) is 3.27. The first-order chi connectivity index (χ1) is 6.06. The number of likely N-dealkylation sites (N-methyl/N-ethyl adjacent to an activating group) is 1. The second kappa shape index (κ2) is 4.07. The molecule has 0 aromatic carbocycles. The highest BCUT2D eigenvalue weighted by Gasteiger charge is 2.13. The minimum Gasteiger partial charge on any atom is -0.394 e. The Morgan fingerprint density at radius 3 is 2.54 bits per heavy atom. The Morgan fingerprint density at radius 2 is 2.15 bits per heavy atom. The Balaban J connectivity index is 2.82. The van der Waals surface area contributed by atoms with Crippen molar-refractivity contribution in [2.24, 2.45) is 0 Å². The molecule has 1 atom stereocenters. The van der Waals surface area contributed by atoms with Crippen molar-refractivity contribution in [2.45, 2.75) is 26.8 Å². The number of aromatic nitrogens is 1. The van der Waals surface area contributed by atoms with Crippen LogP contribution in [0.2, 0.25) is 0 Å². The summed E-state index contributed by atoms with van der Waals surface area (Å²) in [5, 5.41) is 9.96. The number of aliphatic hydroxyl groups is 1. The Labute approximate surface area is 83.0 Å². The molecule has 0 aliphatic carbocycles. The molecule has 1 N–H and O–H groups in total. The van der Waals surface area contributed by atoms with Crippen LogP contribution in [0.3, 0.4) is 0 Å². The van der Waals surface area contributed by atoms with Crippen LogP contribution in [0.5, 0.6) is 0 Å². The van der Waals surface area contributed by atoms with Gasteiger partial charge in [0.1, 0.15) is 0 Å². The van der Waals surface area contributed by atoms with E-state index in [-0.39, 0.29) is 12.6 Å². The summed E-state index contributed by atoms with van der Waals surface area (Å²) >= 11 is 1.67. The fourth-order valence-electron chi connectivity index (χ4n) is 0.918. The third-order valence-corrected chi connectivity index (χ3v) is 3.41. The maximum Gasteiger partial charge on any atom is 0.185 e. The zero-order valence-corrected chi connectivity index (χ0v) is 9.35. The van der Waals surface area contributed by atoms with Crippen LogP contribution in [0.1, 0.15) is 17.5 Å². The van der Waals surface area contributed by atoms with E-state index in [9.17, 15) is 0 Å². The van der Waals surface area contributed by atoms with E-state index in [0.29, 0.717) is 0 Å². The van der Waals surface area contributed by atoms with Crippen molar-refractivity contribution in [3.63, 3.8) is 0 Å². The van der Waals surface area contributed by atoms with E-state index in [2.05, 4.69) is 11.9 Å². The Bertz CT molecular complexity index is 266. The highest BCUT2D eigenvalue weighted by atomic mass is 32.1. The molecule has 0 saturated heterocycles. The van der Waals surface area contributed by atoms with Crippen LogP contribution in [-0.4, -0.2) is 29.8 Å². The minimum atomic E-state index is 0.130. The predicted octanol–water partition coefficient (Wildman–Crippen LogP) is 1.58. The molecule has 1 rings (SSSR count). The SMILES string of the molecule is Cc1nc(N(C)[C@H](C)CO)sc1C. The normalized spacial score (nSPS) is 13.0. The van der Waals surface area contributed by atoms with E-state index in [4.69, 9.17) is 5.11 Å².